The number of aromatic nitrogens is 1. The molecular weight excluding hydrogens is 400 g/mol. The molecule has 0 saturated heterocycles. The van der Waals surface area contributed by atoms with Crippen molar-refractivity contribution in [1.82, 2.24) is 9.47 Å². The van der Waals surface area contributed by atoms with Crippen LogP contribution in [-0.4, -0.2) is 37.3 Å². The summed E-state index contributed by atoms with van der Waals surface area (Å²) in [4.78, 5) is 2.49. The highest BCUT2D eigenvalue weighted by molar-refractivity contribution is 6.30. The van der Waals surface area contributed by atoms with Crippen molar-refractivity contribution < 1.29 is 14.2 Å². The molecule has 1 unspecified atom stereocenters. The Morgan fingerprint density at radius 3 is 2.37 bits per heavy atom. The van der Waals surface area contributed by atoms with E-state index in [-0.39, 0.29) is 6.04 Å². The van der Waals surface area contributed by atoms with Crippen LogP contribution in [0.1, 0.15) is 29.3 Å². The number of methoxy groups -OCH3 is 3. The maximum Gasteiger partial charge on any atom is 0.203 e. The van der Waals surface area contributed by atoms with Crippen LogP contribution in [0.25, 0.3) is 0 Å². The first-order valence-electron chi connectivity index (χ1n) is 10.1. The van der Waals surface area contributed by atoms with Crippen LogP contribution in [-0.2, 0) is 13.1 Å². The summed E-state index contributed by atoms with van der Waals surface area (Å²) in [7, 11) is 4.96. The normalized spacial score (nSPS) is 16.6. The first-order valence-corrected chi connectivity index (χ1v) is 10.5. The zero-order valence-electron chi connectivity index (χ0n) is 17.6. The molecule has 0 radical (unpaired) electrons. The van der Waals surface area contributed by atoms with Gasteiger partial charge in [0.2, 0.25) is 5.75 Å². The highest BCUT2D eigenvalue weighted by Gasteiger charge is 2.31. The lowest BCUT2D eigenvalue weighted by Crippen LogP contribution is -2.30. The summed E-state index contributed by atoms with van der Waals surface area (Å²) in [5, 5.41) is 0.751. The van der Waals surface area contributed by atoms with Crippen molar-refractivity contribution in [3.05, 3.63) is 76.6 Å². The Morgan fingerprint density at radius 2 is 1.67 bits per heavy atom. The molecule has 4 rings (SSSR count). The number of ether oxygens (including phenoxy) is 3. The lowest BCUT2D eigenvalue weighted by Gasteiger charge is -2.32. The van der Waals surface area contributed by atoms with Gasteiger partial charge in [-0.15, -0.1) is 0 Å². The predicted molar refractivity (Wildman–Crippen MR) is 119 cm³/mol. The first kappa shape index (κ1) is 20.6. The number of hydrogen-bond acceptors (Lipinski definition) is 4. The Balaban J connectivity index is 1.83. The summed E-state index contributed by atoms with van der Waals surface area (Å²) in [5.41, 5.74) is 3.53. The van der Waals surface area contributed by atoms with Crippen molar-refractivity contribution in [2.24, 2.45) is 0 Å². The van der Waals surface area contributed by atoms with Crippen LogP contribution >= 0.6 is 11.6 Å². The number of halogens is 1. The van der Waals surface area contributed by atoms with Crippen LogP contribution in [0.5, 0.6) is 17.2 Å². The van der Waals surface area contributed by atoms with Crippen molar-refractivity contribution >= 4 is 11.6 Å². The fourth-order valence-electron chi connectivity index (χ4n) is 4.33. The largest absolute Gasteiger partial charge is 0.493 e. The van der Waals surface area contributed by atoms with E-state index in [0.717, 1.165) is 36.6 Å². The monoisotopic (exact) mass is 426 g/mol. The van der Waals surface area contributed by atoms with E-state index in [4.69, 9.17) is 25.8 Å². The predicted octanol–water partition coefficient (Wildman–Crippen LogP) is 5.16. The fraction of sp³-hybridized carbons (Fsp3) is 0.333. The average molecular weight is 427 g/mol. The second-order valence-electron chi connectivity index (χ2n) is 7.40. The number of aryl methyl sites for hydroxylation is 1. The van der Waals surface area contributed by atoms with Crippen LogP contribution in [0.15, 0.2) is 54.7 Å². The Morgan fingerprint density at radius 1 is 0.900 bits per heavy atom. The zero-order valence-corrected chi connectivity index (χ0v) is 18.4. The minimum absolute atomic E-state index is 0.0212. The Hall–Kier alpha value is -2.63. The van der Waals surface area contributed by atoms with E-state index in [9.17, 15) is 0 Å². The second kappa shape index (κ2) is 9.02. The molecule has 30 heavy (non-hydrogen) atoms. The number of hydrogen-bond donors (Lipinski definition) is 0. The van der Waals surface area contributed by atoms with E-state index in [1.54, 1.807) is 21.3 Å². The summed E-state index contributed by atoms with van der Waals surface area (Å²) in [5.74, 6) is 1.98. The lowest BCUT2D eigenvalue weighted by atomic mass is 9.99. The topological polar surface area (TPSA) is 35.9 Å². The molecular formula is C24H27ClN2O3. The molecule has 1 aliphatic heterocycles. The van der Waals surface area contributed by atoms with Crippen LogP contribution in [0.3, 0.4) is 0 Å². The molecule has 5 nitrogen and oxygen atoms in total. The maximum atomic E-state index is 6.10. The van der Waals surface area contributed by atoms with Crippen molar-refractivity contribution in [2.45, 2.75) is 25.6 Å². The lowest BCUT2D eigenvalue weighted by molar-refractivity contribution is 0.214. The van der Waals surface area contributed by atoms with Gasteiger partial charge in [-0.1, -0.05) is 23.7 Å². The SMILES string of the molecule is COc1ccc(C2c3cccn3CCCN2Cc2ccc(Cl)cc2)c(OC)c1OC. The fourth-order valence-corrected chi connectivity index (χ4v) is 4.46. The summed E-state index contributed by atoms with van der Waals surface area (Å²) in [6.45, 7) is 2.77. The van der Waals surface area contributed by atoms with Crippen LogP contribution in [0.4, 0.5) is 0 Å². The molecule has 6 heteroatoms. The Kier molecular flexibility index (Phi) is 6.21. The molecule has 0 spiro atoms. The van der Waals surface area contributed by atoms with E-state index in [1.165, 1.54) is 11.3 Å². The number of benzene rings is 2. The molecule has 1 atom stereocenters. The van der Waals surface area contributed by atoms with Crippen LogP contribution < -0.4 is 14.2 Å². The van der Waals surface area contributed by atoms with E-state index < -0.39 is 0 Å². The molecule has 0 saturated carbocycles. The molecule has 0 amide bonds. The average Bonchev–Trinajstić information content (AvgIpc) is 3.16. The van der Waals surface area contributed by atoms with Gasteiger partial charge in [-0.2, -0.15) is 0 Å². The van der Waals surface area contributed by atoms with Gasteiger partial charge >= 0.3 is 0 Å². The molecule has 2 heterocycles. The molecule has 1 aliphatic rings. The summed E-state index contributed by atoms with van der Waals surface area (Å²) in [6, 6.07) is 16.4. The van der Waals surface area contributed by atoms with E-state index in [0.29, 0.717) is 17.2 Å². The zero-order chi connectivity index (χ0) is 21.1. The van der Waals surface area contributed by atoms with Gasteiger partial charge in [0, 0.05) is 42.1 Å². The molecule has 158 valence electrons. The third kappa shape index (κ3) is 3.87. The van der Waals surface area contributed by atoms with Gasteiger partial charge in [0.1, 0.15) is 0 Å². The maximum absolute atomic E-state index is 6.10. The standard InChI is InChI=1S/C24H27ClN2O3/c1-28-21-12-11-19(23(29-2)24(21)30-3)22-20-6-4-13-26(20)14-5-15-27(22)16-17-7-9-18(25)10-8-17/h4,6-13,22H,5,14-16H2,1-3H3. The summed E-state index contributed by atoms with van der Waals surface area (Å²) >= 11 is 6.10. The summed E-state index contributed by atoms with van der Waals surface area (Å²) < 4.78 is 19.4. The van der Waals surface area contributed by atoms with E-state index in [1.807, 2.05) is 18.2 Å². The summed E-state index contributed by atoms with van der Waals surface area (Å²) in [6.07, 6.45) is 3.22. The van der Waals surface area contributed by atoms with Crippen molar-refractivity contribution in [2.75, 3.05) is 27.9 Å². The molecule has 0 bridgehead atoms. The minimum atomic E-state index is 0.0212. The van der Waals surface area contributed by atoms with Gasteiger partial charge in [-0.3, -0.25) is 4.90 Å². The number of nitrogens with zero attached hydrogens (tertiary/aromatic N) is 2. The van der Waals surface area contributed by atoms with Gasteiger partial charge in [0.05, 0.1) is 27.4 Å². The quantitative estimate of drug-likeness (QED) is 0.545. The second-order valence-corrected chi connectivity index (χ2v) is 7.84. The number of fused-ring (bicyclic) bond motifs is 1. The van der Waals surface area contributed by atoms with Gasteiger partial charge in [-0.05, 0) is 48.4 Å². The van der Waals surface area contributed by atoms with E-state index >= 15 is 0 Å². The molecule has 0 aliphatic carbocycles. The van der Waals surface area contributed by atoms with Gasteiger partial charge in [0.15, 0.2) is 11.5 Å². The van der Waals surface area contributed by atoms with Crippen LogP contribution in [0, 0.1) is 0 Å². The van der Waals surface area contributed by atoms with Gasteiger partial charge in [-0.25, -0.2) is 0 Å². The van der Waals surface area contributed by atoms with Crippen molar-refractivity contribution in [1.29, 1.82) is 0 Å². The highest BCUT2D eigenvalue weighted by atomic mass is 35.5. The van der Waals surface area contributed by atoms with Gasteiger partial charge in [0.25, 0.3) is 0 Å². The molecule has 0 fully saturated rings. The Bertz CT molecular complexity index is 1000. The molecule has 2 aromatic carbocycles. The first-order chi connectivity index (χ1) is 14.7. The number of rotatable bonds is 6. The third-order valence-corrected chi connectivity index (χ3v) is 5.93. The van der Waals surface area contributed by atoms with Crippen molar-refractivity contribution in [3.63, 3.8) is 0 Å². The van der Waals surface area contributed by atoms with Crippen molar-refractivity contribution in [3.8, 4) is 17.2 Å². The van der Waals surface area contributed by atoms with E-state index in [2.05, 4.69) is 46.0 Å². The smallest absolute Gasteiger partial charge is 0.203 e. The molecule has 0 N–H and O–H groups in total. The third-order valence-electron chi connectivity index (χ3n) is 5.68. The molecule has 3 aromatic rings. The van der Waals surface area contributed by atoms with Gasteiger partial charge < -0.3 is 18.8 Å². The minimum Gasteiger partial charge on any atom is -0.493 e. The van der Waals surface area contributed by atoms with Crippen LogP contribution in [0.2, 0.25) is 5.02 Å². The Labute approximate surface area is 182 Å². The molecule has 1 aromatic heterocycles. The highest BCUT2D eigenvalue weighted by Crippen LogP contribution is 2.46.